The van der Waals surface area contributed by atoms with E-state index in [1.165, 1.54) is 19.2 Å². The van der Waals surface area contributed by atoms with Crippen LogP contribution in [0, 0.1) is 0 Å². The summed E-state index contributed by atoms with van der Waals surface area (Å²) in [6.07, 6.45) is -4.82. The zero-order valence-corrected chi connectivity index (χ0v) is 15.9. The molecule has 0 amide bonds. The third-order valence-corrected chi connectivity index (χ3v) is 4.62. The Hall–Kier alpha value is -2.59. The Labute approximate surface area is 161 Å². The summed E-state index contributed by atoms with van der Waals surface area (Å²) in [4.78, 5) is 24.8. The predicted molar refractivity (Wildman–Crippen MR) is 97.2 cm³/mol. The number of fused-ring (bicyclic) bond motifs is 1. The van der Waals surface area contributed by atoms with Crippen molar-refractivity contribution in [2.45, 2.75) is 19.1 Å². The van der Waals surface area contributed by atoms with Crippen LogP contribution in [0.5, 0.6) is 0 Å². The molecule has 11 heteroatoms. The lowest BCUT2D eigenvalue weighted by molar-refractivity contribution is -0.144. The summed E-state index contributed by atoms with van der Waals surface area (Å²) in [5.74, 6) is 0. The zero-order valence-electron chi connectivity index (χ0n) is 15.1. The van der Waals surface area contributed by atoms with Crippen molar-refractivity contribution in [3.63, 3.8) is 0 Å². The Morgan fingerprint density at radius 1 is 1.25 bits per heavy atom. The van der Waals surface area contributed by atoms with Gasteiger partial charge in [-0.1, -0.05) is 11.6 Å². The van der Waals surface area contributed by atoms with Crippen LogP contribution in [0.1, 0.15) is 18.7 Å². The van der Waals surface area contributed by atoms with Crippen LogP contribution in [-0.2, 0) is 18.0 Å². The van der Waals surface area contributed by atoms with Gasteiger partial charge in [0.05, 0.1) is 23.9 Å². The number of hydrogen-bond acceptors (Lipinski definition) is 4. The number of hydrogen-bond donors (Lipinski definition) is 0. The molecule has 0 bridgehead atoms. The Morgan fingerprint density at radius 2 is 1.93 bits per heavy atom. The number of alkyl halides is 3. The molecular formula is C17H16ClF3N4O3. The number of halogens is 4. The first kappa shape index (κ1) is 20.2. The van der Waals surface area contributed by atoms with E-state index in [2.05, 4.69) is 5.10 Å². The fourth-order valence-corrected chi connectivity index (χ4v) is 3.25. The van der Waals surface area contributed by atoms with E-state index in [1.54, 1.807) is 10.7 Å². The molecule has 0 unspecified atom stereocenters. The van der Waals surface area contributed by atoms with E-state index in [1.807, 2.05) is 6.92 Å². The molecule has 0 spiro atoms. The lowest BCUT2D eigenvalue weighted by Crippen LogP contribution is -2.40. The molecule has 0 N–H and O–H groups in total. The van der Waals surface area contributed by atoms with Crippen LogP contribution in [0.15, 0.2) is 33.9 Å². The van der Waals surface area contributed by atoms with E-state index < -0.39 is 23.1 Å². The maximum Gasteiger partial charge on any atom is 0.431 e. The highest BCUT2D eigenvalue weighted by molar-refractivity contribution is 6.34. The molecule has 0 aliphatic carbocycles. The van der Waals surface area contributed by atoms with Gasteiger partial charge in [0, 0.05) is 25.6 Å². The Bertz CT molecular complexity index is 1160. The van der Waals surface area contributed by atoms with E-state index in [9.17, 15) is 22.8 Å². The number of methoxy groups -OCH3 is 1. The smallest absolute Gasteiger partial charge is 0.382 e. The van der Waals surface area contributed by atoms with Gasteiger partial charge in [0.1, 0.15) is 5.69 Å². The average molecular weight is 417 g/mol. The lowest BCUT2D eigenvalue weighted by atomic mass is 10.2. The summed E-state index contributed by atoms with van der Waals surface area (Å²) in [6, 6.07) is 4.65. The lowest BCUT2D eigenvalue weighted by Gasteiger charge is -2.15. The van der Waals surface area contributed by atoms with Crippen LogP contribution in [-0.4, -0.2) is 32.6 Å². The minimum atomic E-state index is -4.82. The molecule has 0 fully saturated rings. The molecule has 7 nitrogen and oxygen atoms in total. The molecule has 3 aromatic rings. The number of rotatable bonds is 4. The van der Waals surface area contributed by atoms with Gasteiger partial charge in [-0.2, -0.15) is 18.3 Å². The first-order chi connectivity index (χ1) is 13.1. The van der Waals surface area contributed by atoms with Crippen LogP contribution < -0.4 is 11.2 Å². The molecular weight excluding hydrogens is 401 g/mol. The fourth-order valence-electron chi connectivity index (χ4n) is 3.01. The molecule has 28 heavy (non-hydrogen) atoms. The average Bonchev–Trinajstić information content (AvgIpc) is 2.94. The summed E-state index contributed by atoms with van der Waals surface area (Å²) >= 11 is 6.15. The zero-order chi connectivity index (χ0) is 20.8. The van der Waals surface area contributed by atoms with E-state index in [0.29, 0.717) is 32.7 Å². The maximum absolute atomic E-state index is 13.0. The van der Waals surface area contributed by atoms with Gasteiger partial charge < -0.3 is 4.74 Å². The molecule has 0 aliphatic rings. The quantitative estimate of drug-likeness (QED) is 0.655. The Morgan fingerprint density at radius 3 is 2.54 bits per heavy atom. The number of aromatic nitrogens is 4. The van der Waals surface area contributed by atoms with Gasteiger partial charge in [0.2, 0.25) is 0 Å². The summed E-state index contributed by atoms with van der Waals surface area (Å²) < 4.78 is 46.8. The second-order valence-corrected chi connectivity index (χ2v) is 6.64. The van der Waals surface area contributed by atoms with E-state index in [-0.39, 0.29) is 16.9 Å². The van der Waals surface area contributed by atoms with Gasteiger partial charge in [0.25, 0.3) is 5.56 Å². The molecule has 3 rings (SSSR count). The highest BCUT2D eigenvalue weighted by Crippen LogP contribution is 2.28. The SMILES string of the molecule is COC[C@@H](C)n1nc(Cl)c2ccc(-n3c(=O)cc(C(F)(F)F)n(C)c3=O)cc21. The molecule has 150 valence electrons. The van der Waals surface area contributed by atoms with Crippen LogP contribution >= 0.6 is 11.6 Å². The number of benzene rings is 1. The van der Waals surface area contributed by atoms with Crippen LogP contribution in [0.4, 0.5) is 13.2 Å². The second-order valence-electron chi connectivity index (χ2n) is 6.28. The molecule has 2 heterocycles. The second kappa shape index (κ2) is 7.10. The van der Waals surface area contributed by atoms with Crippen molar-refractivity contribution in [3.8, 4) is 5.69 Å². The van der Waals surface area contributed by atoms with Gasteiger partial charge in [-0.05, 0) is 25.1 Å². The largest absolute Gasteiger partial charge is 0.431 e. The standard InChI is InChI=1S/C17H16ClF3N4O3/c1-9(8-28-3)25-12-6-10(4-5-11(12)15(18)22-25)24-14(26)7-13(17(19,20)21)23(2)16(24)27/h4-7,9H,8H2,1-3H3/t9-/m1/s1. The van der Waals surface area contributed by atoms with Gasteiger partial charge >= 0.3 is 11.9 Å². The highest BCUT2D eigenvalue weighted by Gasteiger charge is 2.35. The third-order valence-electron chi connectivity index (χ3n) is 4.34. The monoisotopic (exact) mass is 416 g/mol. The Balaban J connectivity index is 2.26. The first-order valence-electron chi connectivity index (χ1n) is 8.13. The van der Waals surface area contributed by atoms with Gasteiger partial charge in [-0.3, -0.25) is 14.0 Å². The van der Waals surface area contributed by atoms with Gasteiger partial charge in [0.15, 0.2) is 5.15 Å². The summed E-state index contributed by atoms with van der Waals surface area (Å²) in [7, 11) is 2.49. The molecule has 1 atom stereocenters. The van der Waals surface area contributed by atoms with Gasteiger partial charge in [-0.15, -0.1) is 0 Å². The molecule has 0 radical (unpaired) electrons. The number of nitrogens with zero attached hydrogens (tertiary/aromatic N) is 4. The molecule has 0 aliphatic heterocycles. The summed E-state index contributed by atoms with van der Waals surface area (Å²) in [6.45, 7) is 2.17. The molecule has 0 saturated carbocycles. The van der Waals surface area contributed by atoms with Gasteiger partial charge in [-0.25, -0.2) is 9.36 Å². The highest BCUT2D eigenvalue weighted by atomic mass is 35.5. The van der Waals surface area contributed by atoms with E-state index in [0.717, 1.165) is 7.05 Å². The van der Waals surface area contributed by atoms with Crippen molar-refractivity contribution in [2.75, 3.05) is 13.7 Å². The van der Waals surface area contributed by atoms with Crippen molar-refractivity contribution >= 4 is 22.5 Å². The van der Waals surface area contributed by atoms with Crippen molar-refractivity contribution < 1.29 is 17.9 Å². The number of ether oxygens (including phenoxy) is 1. The van der Waals surface area contributed by atoms with Crippen molar-refractivity contribution in [2.24, 2.45) is 7.05 Å². The topological polar surface area (TPSA) is 71.0 Å². The van der Waals surface area contributed by atoms with Crippen LogP contribution in [0.3, 0.4) is 0 Å². The normalized spacial score (nSPS) is 13.2. The van der Waals surface area contributed by atoms with E-state index in [4.69, 9.17) is 16.3 Å². The fraction of sp³-hybridized carbons (Fsp3) is 0.353. The minimum Gasteiger partial charge on any atom is -0.382 e. The maximum atomic E-state index is 13.0. The van der Waals surface area contributed by atoms with Crippen LogP contribution in [0.2, 0.25) is 5.15 Å². The summed E-state index contributed by atoms with van der Waals surface area (Å²) in [5.41, 5.74) is -2.89. The third kappa shape index (κ3) is 3.33. The van der Waals surface area contributed by atoms with Crippen LogP contribution in [0.25, 0.3) is 16.6 Å². The van der Waals surface area contributed by atoms with Crippen molar-refractivity contribution in [3.05, 3.63) is 56.0 Å². The molecule has 1 aromatic carbocycles. The molecule has 0 saturated heterocycles. The predicted octanol–water partition coefficient (Wildman–Crippen LogP) is 2.77. The van der Waals surface area contributed by atoms with Crippen molar-refractivity contribution in [1.29, 1.82) is 0 Å². The molecule has 2 aromatic heterocycles. The first-order valence-corrected chi connectivity index (χ1v) is 8.51. The van der Waals surface area contributed by atoms with E-state index >= 15 is 0 Å². The minimum absolute atomic E-state index is 0.106. The van der Waals surface area contributed by atoms with Crippen molar-refractivity contribution in [1.82, 2.24) is 18.9 Å². The summed E-state index contributed by atoms with van der Waals surface area (Å²) in [5, 5.41) is 5.03. The Kier molecular flexibility index (Phi) is 5.11.